The fourth-order valence-electron chi connectivity index (χ4n) is 1.79. The molecular formula is C13H17ClN4. The lowest BCUT2D eigenvalue weighted by atomic mass is 10.2. The summed E-state index contributed by atoms with van der Waals surface area (Å²) in [6, 6.07) is 7.86. The van der Waals surface area contributed by atoms with Crippen molar-refractivity contribution in [2.75, 3.05) is 32.5 Å². The maximum atomic E-state index is 5.92. The van der Waals surface area contributed by atoms with Gasteiger partial charge in [-0.1, -0.05) is 12.1 Å². The van der Waals surface area contributed by atoms with Crippen molar-refractivity contribution in [3.8, 4) is 0 Å². The maximum absolute atomic E-state index is 5.92. The Labute approximate surface area is 112 Å². The highest BCUT2D eigenvalue weighted by Gasteiger charge is 2.05. The minimum Gasteiger partial charge on any atom is -0.369 e. The van der Waals surface area contributed by atoms with E-state index >= 15 is 0 Å². The van der Waals surface area contributed by atoms with Crippen molar-refractivity contribution in [2.24, 2.45) is 0 Å². The van der Waals surface area contributed by atoms with Gasteiger partial charge in [0.1, 0.15) is 5.82 Å². The first kappa shape index (κ1) is 13.1. The second kappa shape index (κ2) is 5.98. The zero-order valence-electron chi connectivity index (χ0n) is 10.7. The molecule has 0 aliphatic rings. The van der Waals surface area contributed by atoms with Gasteiger partial charge in [0.2, 0.25) is 5.28 Å². The van der Waals surface area contributed by atoms with Crippen molar-refractivity contribution in [2.45, 2.75) is 6.42 Å². The molecule has 0 bridgehead atoms. The van der Waals surface area contributed by atoms with E-state index in [9.17, 15) is 0 Å². The van der Waals surface area contributed by atoms with Crippen LogP contribution in [0.1, 0.15) is 6.42 Å². The predicted molar refractivity (Wildman–Crippen MR) is 76.2 cm³/mol. The topological polar surface area (TPSA) is 41.0 Å². The van der Waals surface area contributed by atoms with Crippen molar-refractivity contribution < 1.29 is 0 Å². The number of nitrogens with zero attached hydrogens (tertiary/aromatic N) is 3. The maximum Gasteiger partial charge on any atom is 0.224 e. The molecule has 0 fully saturated rings. The Morgan fingerprint density at radius 2 is 2.00 bits per heavy atom. The quantitative estimate of drug-likeness (QED) is 0.666. The lowest BCUT2D eigenvalue weighted by Crippen LogP contribution is -2.16. The first-order valence-electron chi connectivity index (χ1n) is 5.97. The molecular weight excluding hydrogens is 248 g/mol. The summed E-state index contributed by atoms with van der Waals surface area (Å²) in [7, 11) is 4.13. The summed E-state index contributed by atoms with van der Waals surface area (Å²) in [6.45, 7) is 1.92. The largest absolute Gasteiger partial charge is 0.369 e. The minimum atomic E-state index is 0.281. The monoisotopic (exact) mass is 264 g/mol. The molecule has 1 N–H and O–H groups in total. The van der Waals surface area contributed by atoms with E-state index in [-0.39, 0.29) is 5.28 Å². The Kier molecular flexibility index (Phi) is 4.33. The number of para-hydroxylation sites is 1. The Morgan fingerprint density at radius 1 is 1.22 bits per heavy atom. The molecule has 0 radical (unpaired) electrons. The van der Waals surface area contributed by atoms with Crippen LogP contribution in [0.5, 0.6) is 0 Å². The first-order valence-corrected chi connectivity index (χ1v) is 6.35. The van der Waals surface area contributed by atoms with E-state index in [1.165, 1.54) is 0 Å². The van der Waals surface area contributed by atoms with Crippen LogP contribution in [-0.4, -0.2) is 42.1 Å². The molecule has 0 atom stereocenters. The predicted octanol–water partition coefficient (Wildman–Crippen LogP) is 2.65. The second-order valence-electron chi connectivity index (χ2n) is 4.44. The Bertz CT molecular complexity index is 527. The van der Waals surface area contributed by atoms with E-state index in [0.717, 1.165) is 36.2 Å². The number of nitrogens with one attached hydrogen (secondary N) is 1. The molecule has 0 aliphatic carbocycles. The number of fused-ring (bicyclic) bond motifs is 1. The highest BCUT2D eigenvalue weighted by Crippen LogP contribution is 2.21. The molecule has 0 unspecified atom stereocenters. The number of anilines is 1. The van der Waals surface area contributed by atoms with E-state index in [1.54, 1.807) is 0 Å². The van der Waals surface area contributed by atoms with E-state index in [1.807, 2.05) is 24.3 Å². The van der Waals surface area contributed by atoms with Crippen LogP contribution in [0.4, 0.5) is 5.82 Å². The summed E-state index contributed by atoms with van der Waals surface area (Å²) in [6.07, 6.45) is 1.06. The standard InChI is InChI=1S/C13H17ClN4/c1-18(2)9-5-8-15-12-10-6-3-4-7-11(10)16-13(14)17-12/h3-4,6-7H,5,8-9H2,1-2H3,(H,15,16,17). The molecule has 1 heterocycles. The van der Waals surface area contributed by atoms with Crippen LogP contribution in [0.25, 0.3) is 10.9 Å². The van der Waals surface area contributed by atoms with Gasteiger partial charge in [-0.15, -0.1) is 0 Å². The third kappa shape index (κ3) is 3.31. The highest BCUT2D eigenvalue weighted by molar-refractivity contribution is 6.28. The SMILES string of the molecule is CN(C)CCCNc1nc(Cl)nc2ccccc12. The van der Waals surface area contributed by atoms with E-state index in [2.05, 4.69) is 34.3 Å². The van der Waals surface area contributed by atoms with Crippen molar-refractivity contribution in [1.29, 1.82) is 0 Å². The van der Waals surface area contributed by atoms with Gasteiger partial charge in [0.05, 0.1) is 5.52 Å². The molecule has 18 heavy (non-hydrogen) atoms. The van der Waals surface area contributed by atoms with Crippen LogP contribution >= 0.6 is 11.6 Å². The van der Waals surface area contributed by atoms with E-state index in [4.69, 9.17) is 11.6 Å². The van der Waals surface area contributed by atoms with E-state index < -0.39 is 0 Å². The molecule has 96 valence electrons. The number of aromatic nitrogens is 2. The molecule has 0 saturated heterocycles. The lowest BCUT2D eigenvalue weighted by molar-refractivity contribution is 0.405. The molecule has 2 rings (SSSR count). The highest BCUT2D eigenvalue weighted by atomic mass is 35.5. The Morgan fingerprint density at radius 3 is 2.78 bits per heavy atom. The average Bonchev–Trinajstić information content (AvgIpc) is 2.34. The molecule has 1 aromatic carbocycles. The smallest absolute Gasteiger partial charge is 0.224 e. The van der Waals surface area contributed by atoms with Crippen LogP contribution in [0.3, 0.4) is 0 Å². The first-order chi connectivity index (χ1) is 8.66. The summed E-state index contributed by atoms with van der Waals surface area (Å²) in [5.74, 6) is 0.810. The molecule has 1 aromatic heterocycles. The molecule has 0 saturated carbocycles. The van der Waals surface area contributed by atoms with Crippen molar-refractivity contribution in [1.82, 2.24) is 14.9 Å². The van der Waals surface area contributed by atoms with Gasteiger partial charge in [0.15, 0.2) is 0 Å². The lowest BCUT2D eigenvalue weighted by Gasteiger charge is -2.11. The summed E-state index contributed by atoms with van der Waals surface area (Å²) in [5, 5.41) is 4.61. The summed E-state index contributed by atoms with van der Waals surface area (Å²) in [4.78, 5) is 10.6. The van der Waals surface area contributed by atoms with Gasteiger partial charge in [0.25, 0.3) is 0 Å². The number of rotatable bonds is 5. The molecule has 0 amide bonds. The zero-order valence-corrected chi connectivity index (χ0v) is 11.4. The zero-order chi connectivity index (χ0) is 13.0. The Balaban J connectivity index is 2.12. The number of benzene rings is 1. The minimum absolute atomic E-state index is 0.281. The molecule has 2 aromatic rings. The second-order valence-corrected chi connectivity index (χ2v) is 4.78. The third-order valence-electron chi connectivity index (χ3n) is 2.65. The Hall–Kier alpha value is -1.39. The van der Waals surface area contributed by atoms with Crippen LogP contribution in [0.2, 0.25) is 5.28 Å². The number of hydrogen-bond donors (Lipinski definition) is 1. The van der Waals surface area contributed by atoms with Gasteiger partial charge >= 0.3 is 0 Å². The van der Waals surface area contributed by atoms with Gasteiger partial charge in [0, 0.05) is 11.9 Å². The fourth-order valence-corrected chi connectivity index (χ4v) is 1.96. The van der Waals surface area contributed by atoms with Crippen LogP contribution in [0, 0.1) is 0 Å². The van der Waals surface area contributed by atoms with Gasteiger partial charge in [-0.2, -0.15) is 0 Å². The normalized spacial score (nSPS) is 11.1. The molecule has 0 spiro atoms. The van der Waals surface area contributed by atoms with E-state index in [0.29, 0.717) is 0 Å². The van der Waals surface area contributed by atoms with Crippen LogP contribution in [0.15, 0.2) is 24.3 Å². The summed E-state index contributed by atoms with van der Waals surface area (Å²) >= 11 is 5.92. The van der Waals surface area contributed by atoms with Crippen molar-refractivity contribution in [3.05, 3.63) is 29.5 Å². The van der Waals surface area contributed by atoms with Gasteiger partial charge < -0.3 is 10.2 Å². The van der Waals surface area contributed by atoms with Crippen molar-refractivity contribution >= 4 is 28.3 Å². The van der Waals surface area contributed by atoms with Gasteiger partial charge in [-0.3, -0.25) is 0 Å². The molecule has 4 nitrogen and oxygen atoms in total. The molecule has 5 heteroatoms. The fraction of sp³-hybridized carbons (Fsp3) is 0.385. The number of hydrogen-bond acceptors (Lipinski definition) is 4. The summed E-state index contributed by atoms with van der Waals surface area (Å²) in [5.41, 5.74) is 0.868. The molecule has 0 aliphatic heterocycles. The third-order valence-corrected chi connectivity index (χ3v) is 2.82. The van der Waals surface area contributed by atoms with Crippen molar-refractivity contribution in [3.63, 3.8) is 0 Å². The van der Waals surface area contributed by atoms with Gasteiger partial charge in [-0.25, -0.2) is 9.97 Å². The van der Waals surface area contributed by atoms with Crippen LogP contribution in [-0.2, 0) is 0 Å². The summed E-state index contributed by atoms with van der Waals surface area (Å²) < 4.78 is 0. The number of halogens is 1. The van der Waals surface area contributed by atoms with Gasteiger partial charge in [-0.05, 0) is 50.8 Å². The van der Waals surface area contributed by atoms with Crippen LogP contribution < -0.4 is 5.32 Å². The average molecular weight is 265 g/mol.